The zero-order chi connectivity index (χ0) is 17.2. The Labute approximate surface area is 141 Å². The summed E-state index contributed by atoms with van der Waals surface area (Å²) >= 11 is 0. The third-order valence-corrected chi connectivity index (χ3v) is 6.07. The standard InChI is InChI=1S/C16H22N4O3S/c1-13-5-9-19-12-14(18-15(19)11-13)16(21)17-6-10-24(22,23)20-7-3-2-4-8-20/h5,9,11-12H,2-4,6-8,10H2,1H3,(H,17,21). The van der Waals surface area contributed by atoms with Gasteiger partial charge in [0.05, 0.1) is 5.75 Å². The third kappa shape index (κ3) is 3.76. The lowest BCUT2D eigenvalue weighted by Gasteiger charge is -2.25. The Morgan fingerprint density at radius 2 is 2.04 bits per heavy atom. The van der Waals surface area contributed by atoms with E-state index in [-0.39, 0.29) is 23.9 Å². The van der Waals surface area contributed by atoms with E-state index in [1.165, 1.54) is 4.31 Å². The van der Waals surface area contributed by atoms with Crippen molar-refractivity contribution in [1.82, 2.24) is 19.0 Å². The van der Waals surface area contributed by atoms with Crippen LogP contribution in [-0.2, 0) is 10.0 Å². The Hall–Kier alpha value is -1.93. The number of piperidine rings is 1. The fourth-order valence-electron chi connectivity index (χ4n) is 2.85. The van der Waals surface area contributed by atoms with Crippen molar-refractivity contribution in [2.75, 3.05) is 25.4 Å². The molecule has 0 radical (unpaired) electrons. The van der Waals surface area contributed by atoms with Crippen LogP contribution in [0.5, 0.6) is 0 Å². The molecule has 0 saturated carbocycles. The van der Waals surface area contributed by atoms with Crippen LogP contribution in [0.15, 0.2) is 24.5 Å². The van der Waals surface area contributed by atoms with Gasteiger partial charge in [0.15, 0.2) is 0 Å². The first-order valence-electron chi connectivity index (χ1n) is 8.17. The Bertz CT molecular complexity index is 838. The molecule has 0 bridgehead atoms. The van der Waals surface area contributed by atoms with E-state index in [2.05, 4.69) is 10.3 Å². The first-order chi connectivity index (χ1) is 11.5. The van der Waals surface area contributed by atoms with Gasteiger partial charge in [0.1, 0.15) is 11.3 Å². The maximum absolute atomic E-state index is 12.2. The molecular formula is C16H22N4O3S. The number of fused-ring (bicyclic) bond motifs is 1. The number of hydrogen-bond donors (Lipinski definition) is 1. The normalized spacial score (nSPS) is 16.4. The molecular weight excluding hydrogens is 328 g/mol. The van der Waals surface area contributed by atoms with Gasteiger partial charge in [-0.1, -0.05) is 6.42 Å². The third-order valence-electron chi connectivity index (χ3n) is 4.20. The fraction of sp³-hybridized carbons (Fsp3) is 0.500. The SMILES string of the molecule is Cc1ccn2cc(C(=O)NCCS(=O)(=O)N3CCCCC3)nc2c1. The largest absolute Gasteiger partial charge is 0.350 e. The number of rotatable bonds is 5. The van der Waals surface area contributed by atoms with Crippen LogP contribution in [-0.4, -0.2) is 53.4 Å². The molecule has 0 unspecified atom stereocenters. The monoisotopic (exact) mass is 350 g/mol. The summed E-state index contributed by atoms with van der Waals surface area (Å²) in [5.41, 5.74) is 2.05. The number of aryl methyl sites for hydroxylation is 1. The van der Waals surface area contributed by atoms with Crippen LogP contribution in [0.3, 0.4) is 0 Å². The average molecular weight is 350 g/mol. The van der Waals surface area contributed by atoms with E-state index in [0.29, 0.717) is 18.7 Å². The van der Waals surface area contributed by atoms with Crippen molar-refractivity contribution < 1.29 is 13.2 Å². The molecule has 3 heterocycles. The Balaban J connectivity index is 1.58. The number of carbonyl (C=O) groups excluding carboxylic acids is 1. The summed E-state index contributed by atoms with van der Waals surface area (Å²) in [6.45, 7) is 3.22. The zero-order valence-corrected chi connectivity index (χ0v) is 14.6. The lowest BCUT2D eigenvalue weighted by Crippen LogP contribution is -2.40. The van der Waals surface area contributed by atoms with Crippen molar-refractivity contribution in [1.29, 1.82) is 0 Å². The summed E-state index contributed by atoms with van der Waals surface area (Å²) in [7, 11) is -3.30. The fourth-order valence-corrected chi connectivity index (χ4v) is 4.28. The van der Waals surface area contributed by atoms with Gasteiger partial charge in [-0.3, -0.25) is 4.79 Å². The molecule has 1 aliphatic heterocycles. The quantitative estimate of drug-likeness (QED) is 0.878. The molecule has 1 fully saturated rings. The van der Waals surface area contributed by atoms with Crippen LogP contribution in [0.4, 0.5) is 0 Å². The van der Waals surface area contributed by atoms with E-state index in [0.717, 1.165) is 24.8 Å². The van der Waals surface area contributed by atoms with Crippen molar-refractivity contribution in [3.8, 4) is 0 Å². The molecule has 0 spiro atoms. The molecule has 2 aromatic rings. The van der Waals surface area contributed by atoms with Gasteiger partial charge in [-0.05, 0) is 37.5 Å². The van der Waals surface area contributed by atoms with E-state index in [9.17, 15) is 13.2 Å². The van der Waals surface area contributed by atoms with Gasteiger partial charge in [0.2, 0.25) is 10.0 Å². The molecule has 2 aromatic heterocycles. The second-order valence-electron chi connectivity index (χ2n) is 6.13. The van der Waals surface area contributed by atoms with E-state index < -0.39 is 10.0 Å². The van der Waals surface area contributed by atoms with Crippen LogP contribution >= 0.6 is 0 Å². The number of carbonyl (C=O) groups is 1. The summed E-state index contributed by atoms with van der Waals surface area (Å²) < 4.78 is 27.8. The average Bonchev–Trinajstić information content (AvgIpc) is 2.98. The second-order valence-corrected chi connectivity index (χ2v) is 8.22. The van der Waals surface area contributed by atoms with Gasteiger partial charge >= 0.3 is 0 Å². The number of pyridine rings is 1. The summed E-state index contributed by atoms with van der Waals surface area (Å²) in [5.74, 6) is -0.434. The minimum Gasteiger partial charge on any atom is -0.350 e. The number of aromatic nitrogens is 2. The number of amides is 1. The van der Waals surface area contributed by atoms with Crippen LogP contribution in [0, 0.1) is 6.92 Å². The Kier molecular flexibility index (Phi) is 4.86. The Morgan fingerprint density at radius 1 is 1.29 bits per heavy atom. The molecule has 24 heavy (non-hydrogen) atoms. The smallest absolute Gasteiger partial charge is 0.271 e. The van der Waals surface area contributed by atoms with Crippen molar-refractivity contribution in [2.45, 2.75) is 26.2 Å². The summed E-state index contributed by atoms with van der Waals surface area (Å²) in [4.78, 5) is 16.4. The van der Waals surface area contributed by atoms with Crippen molar-refractivity contribution >= 4 is 21.6 Å². The van der Waals surface area contributed by atoms with Gasteiger partial charge in [-0.25, -0.2) is 17.7 Å². The lowest BCUT2D eigenvalue weighted by molar-refractivity contribution is 0.0951. The molecule has 8 heteroatoms. The summed E-state index contributed by atoms with van der Waals surface area (Å²) in [6.07, 6.45) is 6.38. The predicted molar refractivity (Wildman–Crippen MR) is 91.5 cm³/mol. The highest BCUT2D eigenvalue weighted by Crippen LogP contribution is 2.13. The van der Waals surface area contributed by atoms with E-state index in [1.54, 1.807) is 10.6 Å². The van der Waals surface area contributed by atoms with Crippen LogP contribution in [0.25, 0.3) is 5.65 Å². The molecule has 1 amide bonds. The number of nitrogens with zero attached hydrogens (tertiary/aromatic N) is 3. The first kappa shape index (κ1) is 16.9. The van der Waals surface area contributed by atoms with Crippen molar-refractivity contribution in [3.05, 3.63) is 35.8 Å². The first-order valence-corrected chi connectivity index (χ1v) is 9.78. The maximum Gasteiger partial charge on any atom is 0.271 e. The maximum atomic E-state index is 12.2. The molecule has 1 aliphatic rings. The van der Waals surface area contributed by atoms with Crippen molar-refractivity contribution in [2.24, 2.45) is 0 Å². The van der Waals surface area contributed by atoms with E-state index in [1.807, 2.05) is 25.3 Å². The highest BCUT2D eigenvalue weighted by atomic mass is 32.2. The molecule has 7 nitrogen and oxygen atoms in total. The highest BCUT2D eigenvalue weighted by Gasteiger charge is 2.23. The van der Waals surface area contributed by atoms with Gasteiger partial charge in [-0.2, -0.15) is 0 Å². The summed E-state index contributed by atoms with van der Waals surface area (Å²) in [6, 6.07) is 3.82. The molecule has 3 rings (SSSR count). The van der Waals surface area contributed by atoms with Crippen LogP contribution in [0.2, 0.25) is 0 Å². The van der Waals surface area contributed by atoms with Crippen LogP contribution < -0.4 is 5.32 Å². The molecule has 0 atom stereocenters. The number of hydrogen-bond acceptors (Lipinski definition) is 4. The van der Waals surface area contributed by atoms with Crippen molar-refractivity contribution in [3.63, 3.8) is 0 Å². The number of imidazole rings is 1. The minimum atomic E-state index is -3.30. The molecule has 0 aromatic carbocycles. The molecule has 1 saturated heterocycles. The van der Waals surface area contributed by atoms with Gasteiger partial charge in [0.25, 0.3) is 5.91 Å². The van der Waals surface area contributed by atoms with Gasteiger partial charge in [-0.15, -0.1) is 0 Å². The van der Waals surface area contributed by atoms with Gasteiger partial charge in [0, 0.05) is 32.0 Å². The molecule has 130 valence electrons. The molecule has 0 aliphatic carbocycles. The number of nitrogens with one attached hydrogen (secondary N) is 1. The lowest BCUT2D eigenvalue weighted by atomic mass is 10.2. The second kappa shape index (κ2) is 6.90. The van der Waals surface area contributed by atoms with E-state index in [4.69, 9.17) is 0 Å². The van der Waals surface area contributed by atoms with Gasteiger partial charge < -0.3 is 9.72 Å². The Morgan fingerprint density at radius 3 is 2.79 bits per heavy atom. The molecule has 1 N–H and O–H groups in total. The highest BCUT2D eigenvalue weighted by molar-refractivity contribution is 7.89. The number of sulfonamides is 1. The zero-order valence-electron chi connectivity index (χ0n) is 13.7. The van der Waals surface area contributed by atoms with E-state index >= 15 is 0 Å². The summed E-state index contributed by atoms with van der Waals surface area (Å²) in [5, 5.41) is 2.65. The predicted octanol–water partition coefficient (Wildman–Crippen LogP) is 1.19. The van der Waals surface area contributed by atoms with Crippen LogP contribution in [0.1, 0.15) is 35.3 Å². The minimum absolute atomic E-state index is 0.0782. The topological polar surface area (TPSA) is 83.8 Å².